The van der Waals surface area contributed by atoms with Crippen molar-refractivity contribution >= 4 is 39.1 Å². The molecule has 7 heteroatoms. The minimum absolute atomic E-state index is 0.491. The molecule has 0 bridgehead atoms. The van der Waals surface area contributed by atoms with E-state index in [-0.39, 0.29) is 0 Å². The summed E-state index contributed by atoms with van der Waals surface area (Å²) in [6.07, 6.45) is 2.50. The van der Waals surface area contributed by atoms with Gasteiger partial charge in [-0.15, -0.1) is 11.3 Å². The van der Waals surface area contributed by atoms with Crippen LogP contribution in [0, 0.1) is 0 Å². The van der Waals surface area contributed by atoms with E-state index in [0.29, 0.717) is 23.6 Å². The van der Waals surface area contributed by atoms with Crippen molar-refractivity contribution in [3.63, 3.8) is 0 Å². The zero-order valence-corrected chi connectivity index (χ0v) is 14.8. The molecular weight excluding hydrogens is 330 g/mol. The highest BCUT2D eigenvalue weighted by molar-refractivity contribution is 7.18. The number of hydrogen-bond donors (Lipinski definition) is 2. The van der Waals surface area contributed by atoms with E-state index >= 15 is 0 Å². The molecule has 1 aromatic heterocycles. The number of nitrogens with zero attached hydrogens (tertiary/aromatic N) is 3. The molecule has 23 heavy (non-hydrogen) atoms. The molecule has 3 N–H and O–H groups in total. The lowest BCUT2D eigenvalue weighted by Crippen LogP contribution is -2.42. The molecule has 0 saturated carbocycles. The molecule has 1 saturated heterocycles. The number of halogens is 1. The number of guanidine groups is 1. The van der Waals surface area contributed by atoms with Crippen LogP contribution < -0.4 is 11.1 Å². The van der Waals surface area contributed by atoms with Crippen LogP contribution in [-0.2, 0) is 6.54 Å². The maximum Gasteiger partial charge on any atom is 0.189 e. The summed E-state index contributed by atoms with van der Waals surface area (Å²) in [5, 5.41) is 4.90. The van der Waals surface area contributed by atoms with Gasteiger partial charge in [0.05, 0.1) is 16.8 Å². The number of likely N-dealkylation sites (tertiary alicyclic amines) is 1. The molecule has 0 amide bonds. The van der Waals surface area contributed by atoms with Gasteiger partial charge >= 0.3 is 0 Å². The number of nitrogens with two attached hydrogens (primary N) is 1. The third-order valence-electron chi connectivity index (χ3n) is 4.20. The van der Waals surface area contributed by atoms with Crippen molar-refractivity contribution in [3.8, 4) is 0 Å². The number of fused-ring (bicyclic) bond motifs is 1. The molecule has 1 atom stereocenters. The number of nitrogens with one attached hydrogen (secondary N) is 1. The number of aliphatic imine (C=N–C) groups is 1. The van der Waals surface area contributed by atoms with Gasteiger partial charge in [-0.1, -0.05) is 18.5 Å². The largest absolute Gasteiger partial charge is 0.370 e. The second-order valence-electron chi connectivity index (χ2n) is 5.73. The first-order chi connectivity index (χ1) is 11.2. The highest BCUT2D eigenvalue weighted by atomic mass is 35.5. The Morgan fingerprint density at radius 2 is 2.43 bits per heavy atom. The van der Waals surface area contributed by atoms with Crippen LogP contribution in [-0.4, -0.2) is 41.5 Å². The van der Waals surface area contributed by atoms with Crippen LogP contribution >= 0.6 is 22.9 Å². The standard InChI is InChI=1S/C16H22ClN5S/c1-2-22-7-3-4-12(22)9-19-16(18)20-10-15-21-13-8-11(17)5-6-14(13)23-15/h5-6,8,12H,2-4,7,9-10H2,1H3,(H3,18,19,20). The summed E-state index contributed by atoms with van der Waals surface area (Å²) in [5.74, 6) is 0.491. The molecule has 1 aromatic carbocycles. The summed E-state index contributed by atoms with van der Waals surface area (Å²) in [5.41, 5.74) is 6.90. The third kappa shape index (κ3) is 4.13. The minimum atomic E-state index is 0.491. The first-order valence-electron chi connectivity index (χ1n) is 7.98. The fourth-order valence-electron chi connectivity index (χ4n) is 2.99. The number of likely N-dealkylation sites (N-methyl/N-ethyl adjacent to an activating group) is 1. The summed E-state index contributed by atoms with van der Waals surface area (Å²) < 4.78 is 1.12. The van der Waals surface area contributed by atoms with Crippen molar-refractivity contribution in [1.82, 2.24) is 15.2 Å². The Bertz CT molecular complexity index is 699. The predicted molar refractivity (Wildman–Crippen MR) is 98.2 cm³/mol. The SMILES string of the molecule is CCN1CCCC1CNC(N)=NCc1nc2cc(Cl)ccc2s1. The van der Waals surface area contributed by atoms with Gasteiger partial charge in [0.25, 0.3) is 0 Å². The van der Waals surface area contributed by atoms with Crippen molar-refractivity contribution in [3.05, 3.63) is 28.2 Å². The molecule has 1 aliphatic rings. The third-order valence-corrected chi connectivity index (χ3v) is 5.46. The van der Waals surface area contributed by atoms with Gasteiger partial charge in [0, 0.05) is 17.6 Å². The van der Waals surface area contributed by atoms with Crippen molar-refractivity contribution < 1.29 is 0 Å². The van der Waals surface area contributed by atoms with E-state index in [1.54, 1.807) is 11.3 Å². The molecular formula is C16H22ClN5S. The van der Waals surface area contributed by atoms with Crippen LogP contribution in [0.15, 0.2) is 23.2 Å². The Labute approximate surface area is 145 Å². The fraction of sp³-hybridized carbons (Fsp3) is 0.500. The van der Waals surface area contributed by atoms with E-state index in [2.05, 4.69) is 27.1 Å². The van der Waals surface area contributed by atoms with Crippen molar-refractivity contribution in [2.75, 3.05) is 19.6 Å². The molecule has 0 radical (unpaired) electrons. The maximum atomic E-state index is 5.99. The molecule has 2 heterocycles. The minimum Gasteiger partial charge on any atom is -0.370 e. The quantitative estimate of drug-likeness (QED) is 0.642. The van der Waals surface area contributed by atoms with E-state index in [1.807, 2.05) is 18.2 Å². The molecule has 0 aliphatic carbocycles. The van der Waals surface area contributed by atoms with Crippen LogP contribution in [0.1, 0.15) is 24.8 Å². The normalized spacial score (nSPS) is 19.6. The van der Waals surface area contributed by atoms with E-state index in [4.69, 9.17) is 17.3 Å². The fourth-order valence-corrected chi connectivity index (χ4v) is 4.03. The van der Waals surface area contributed by atoms with Crippen molar-refractivity contribution in [2.24, 2.45) is 10.7 Å². The summed E-state index contributed by atoms with van der Waals surface area (Å²) in [6.45, 7) is 5.84. The lowest BCUT2D eigenvalue weighted by molar-refractivity contribution is 0.267. The number of aromatic nitrogens is 1. The number of hydrogen-bond acceptors (Lipinski definition) is 4. The summed E-state index contributed by atoms with van der Waals surface area (Å²) in [7, 11) is 0. The van der Waals surface area contributed by atoms with Gasteiger partial charge in [0.2, 0.25) is 0 Å². The molecule has 5 nitrogen and oxygen atoms in total. The van der Waals surface area contributed by atoms with Gasteiger partial charge in [-0.25, -0.2) is 9.98 Å². The molecule has 2 aromatic rings. The van der Waals surface area contributed by atoms with Crippen LogP contribution in [0.2, 0.25) is 5.02 Å². The zero-order valence-electron chi connectivity index (χ0n) is 13.3. The summed E-state index contributed by atoms with van der Waals surface area (Å²) >= 11 is 7.61. The van der Waals surface area contributed by atoms with Gasteiger partial charge in [-0.05, 0) is 44.1 Å². The van der Waals surface area contributed by atoms with Crippen molar-refractivity contribution in [2.45, 2.75) is 32.4 Å². The van der Waals surface area contributed by atoms with Gasteiger partial charge in [0.15, 0.2) is 5.96 Å². The van der Waals surface area contributed by atoms with Crippen LogP contribution in [0.5, 0.6) is 0 Å². The van der Waals surface area contributed by atoms with E-state index in [9.17, 15) is 0 Å². The van der Waals surface area contributed by atoms with Gasteiger partial charge in [-0.2, -0.15) is 0 Å². The second-order valence-corrected chi connectivity index (χ2v) is 7.28. The lowest BCUT2D eigenvalue weighted by Gasteiger charge is -2.23. The average Bonchev–Trinajstić information content (AvgIpc) is 3.16. The molecule has 1 unspecified atom stereocenters. The Balaban J connectivity index is 1.55. The molecule has 1 fully saturated rings. The highest BCUT2D eigenvalue weighted by Crippen LogP contribution is 2.25. The Hall–Kier alpha value is -1.37. The van der Waals surface area contributed by atoms with Gasteiger partial charge in [0.1, 0.15) is 5.01 Å². The Kier molecular flexibility index (Phi) is 5.35. The van der Waals surface area contributed by atoms with Gasteiger partial charge < -0.3 is 11.1 Å². The zero-order chi connectivity index (χ0) is 16.2. The monoisotopic (exact) mass is 351 g/mol. The number of thiazole rings is 1. The van der Waals surface area contributed by atoms with Crippen molar-refractivity contribution in [1.29, 1.82) is 0 Å². The second kappa shape index (κ2) is 7.47. The van der Waals surface area contributed by atoms with E-state index < -0.39 is 0 Å². The number of rotatable bonds is 5. The van der Waals surface area contributed by atoms with Gasteiger partial charge in [-0.3, -0.25) is 4.90 Å². The van der Waals surface area contributed by atoms with E-state index in [1.165, 1.54) is 19.4 Å². The van der Waals surface area contributed by atoms with Crippen LogP contribution in [0.4, 0.5) is 0 Å². The molecule has 3 rings (SSSR count). The molecule has 1 aliphatic heterocycles. The first kappa shape index (κ1) is 16.5. The predicted octanol–water partition coefficient (Wildman–Crippen LogP) is 2.84. The van der Waals surface area contributed by atoms with Crippen LogP contribution in [0.25, 0.3) is 10.2 Å². The Morgan fingerprint density at radius 1 is 1.57 bits per heavy atom. The number of benzene rings is 1. The first-order valence-corrected chi connectivity index (χ1v) is 9.18. The molecule has 0 spiro atoms. The maximum absolute atomic E-state index is 5.99. The molecule has 124 valence electrons. The summed E-state index contributed by atoms with van der Waals surface area (Å²) in [4.78, 5) is 11.4. The van der Waals surface area contributed by atoms with Crippen LogP contribution in [0.3, 0.4) is 0 Å². The van der Waals surface area contributed by atoms with E-state index in [0.717, 1.165) is 28.3 Å². The topological polar surface area (TPSA) is 66.5 Å². The summed E-state index contributed by atoms with van der Waals surface area (Å²) in [6, 6.07) is 6.32. The Morgan fingerprint density at radius 3 is 3.26 bits per heavy atom. The smallest absolute Gasteiger partial charge is 0.189 e. The highest BCUT2D eigenvalue weighted by Gasteiger charge is 2.22. The average molecular weight is 352 g/mol. The lowest BCUT2D eigenvalue weighted by atomic mass is 10.2.